The fourth-order valence-electron chi connectivity index (χ4n) is 2.14. The second-order valence-electron chi connectivity index (χ2n) is 4.95. The van der Waals surface area contributed by atoms with Crippen LogP contribution in [0.3, 0.4) is 0 Å². The van der Waals surface area contributed by atoms with E-state index in [-0.39, 0.29) is 17.2 Å². The van der Waals surface area contributed by atoms with E-state index >= 15 is 0 Å². The number of hydrogen-bond donors (Lipinski definition) is 3. The summed E-state index contributed by atoms with van der Waals surface area (Å²) < 4.78 is 0. The van der Waals surface area contributed by atoms with Crippen LogP contribution in [0.1, 0.15) is 39.8 Å². The Morgan fingerprint density at radius 3 is 2.55 bits per heavy atom. The van der Waals surface area contributed by atoms with E-state index in [1.165, 1.54) is 31.2 Å². The minimum Gasteiger partial charge on any atom is -0.397 e. The number of amides is 2. The fourth-order valence-corrected chi connectivity index (χ4v) is 3.39. The van der Waals surface area contributed by atoms with E-state index in [4.69, 9.17) is 11.5 Å². The van der Waals surface area contributed by atoms with Crippen LogP contribution >= 0.6 is 11.3 Å². The Morgan fingerprint density at radius 2 is 2.10 bits per heavy atom. The molecule has 0 aliphatic heterocycles. The van der Waals surface area contributed by atoms with Crippen molar-refractivity contribution in [3.8, 4) is 0 Å². The van der Waals surface area contributed by atoms with Gasteiger partial charge in [-0.05, 0) is 25.7 Å². The van der Waals surface area contributed by atoms with Gasteiger partial charge in [-0.15, -0.1) is 11.3 Å². The lowest BCUT2D eigenvalue weighted by molar-refractivity contribution is 0.0967. The van der Waals surface area contributed by atoms with Crippen LogP contribution in [-0.4, -0.2) is 32.0 Å². The van der Waals surface area contributed by atoms with Crippen molar-refractivity contribution in [3.05, 3.63) is 10.4 Å². The van der Waals surface area contributed by atoms with Crippen molar-refractivity contribution in [2.75, 3.05) is 30.8 Å². The first kappa shape index (κ1) is 14.6. The molecule has 1 aliphatic rings. The van der Waals surface area contributed by atoms with Gasteiger partial charge in [0.05, 0.1) is 11.3 Å². The van der Waals surface area contributed by atoms with E-state index in [1.54, 1.807) is 0 Å². The number of nitrogens with zero attached hydrogens (tertiary/aromatic N) is 1. The summed E-state index contributed by atoms with van der Waals surface area (Å²) in [6.07, 6.45) is 2.43. The van der Waals surface area contributed by atoms with Gasteiger partial charge in [-0.1, -0.05) is 0 Å². The number of rotatable bonds is 6. The summed E-state index contributed by atoms with van der Waals surface area (Å²) in [4.78, 5) is 25.9. The molecular formula is C13H20N4O2S. The van der Waals surface area contributed by atoms with E-state index in [0.717, 1.165) is 13.1 Å². The summed E-state index contributed by atoms with van der Waals surface area (Å²) >= 11 is 1.24. The van der Waals surface area contributed by atoms with E-state index < -0.39 is 5.91 Å². The minimum absolute atomic E-state index is 0.186. The Labute approximate surface area is 122 Å². The maximum Gasteiger partial charge on any atom is 0.263 e. The third kappa shape index (κ3) is 2.72. The van der Waals surface area contributed by atoms with Crippen LogP contribution in [0.4, 0.5) is 10.7 Å². The molecule has 1 fully saturated rings. The van der Waals surface area contributed by atoms with Gasteiger partial charge < -0.3 is 21.7 Å². The van der Waals surface area contributed by atoms with Crippen LogP contribution in [0.5, 0.6) is 0 Å². The second kappa shape index (κ2) is 5.70. The van der Waals surface area contributed by atoms with Gasteiger partial charge in [-0.25, -0.2) is 0 Å². The molecule has 0 saturated heterocycles. The van der Waals surface area contributed by atoms with Crippen LogP contribution in [-0.2, 0) is 0 Å². The monoisotopic (exact) mass is 296 g/mol. The van der Waals surface area contributed by atoms with E-state index in [0.29, 0.717) is 15.8 Å². The van der Waals surface area contributed by atoms with Crippen molar-refractivity contribution < 1.29 is 9.59 Å². The largest absolute Gasteiger partial charge is 0.397 e. The van der Waals surface area contributed by atoms with Gasteiger partial charge in [-0.3, -0.25) is 9.59 Å². The summed E-state index contributed by atoms with van der Waals surface area (Å²) in [7, 11) is 1.53. The topological polar surface area (TPSA) is 101 Å². The Kier molecular flexibility index (Phi) is 4.17. The molecule has 110 valence electrons. The smallest absolute Gasteiger partial charge is 0.263 e. The molecule has 7 heteroatoms. The predicted octanol–water partition coefficient (Wildman–Crippen LogP) is 1.03. The number of nitrogens with one attached hydrogen (secondary N) is 1. The lowest BCUT2D eigenvalue weighted by Gasteiger charge is -2.22. The Balaban J connectivity index is 2.43. The van der Waals surface area contributed by atoms with Gasteiger partial charge in [0, 0.05) is 20.1 Å². The Morgan fingerprint density at radius 1 is 1.45 bits per heavy atom. The van der Waals surface area contributed by atoms with Crippen molar-refractivity contribution in [1.29, 1.82) is 0 Å². The zero-order valence-corrected chi connectivity index (χ0v) is 12.5. The molecule has 1 aliphatic carbocycles. The van der Waals surface area contributed by atoms with Crippen LogP contribution in [0, 0.1) is 5.92 Å². The molecule has 0 bridgehead atoms. The van der Waals surface area contributed by atoms with Crippen LogP contribution in [0.15, 0.2) is 0 Å². The lowest BCUT2D eigenvalue weighted by atomic mass is 10.2. The normalized spacial score (nSPS) is 14.1. The summed E-state index contributed by atoms with van der Waals surface area (Å²) in [6.45, 7) is 3.65. The number of nitrogen functional groups attached to an aromatic ring is 1. The number of primary amides is 1. The number of nitrogens with two attached hydrogens (primary N) is 2. The molecule has 2 amide bonds. The van der Waals surface area contributed by atoms with E-state index in [1.807, 2.05) is 6.92 Å². The molecule has 0 atom stereocenters. The zero-order valence-electron chi connectivity index (χ0n) is 11.7. The van der Waals surface area contributed by atoms with Crippen molar-refractivity contribution in [2.45, 2.75) is 19.8 Å². The third-order valence-electron chi connectivity index (χ3n) is 3.45. The van der Waals surface area contributed by atoms with Gasteiger partial charge in [0.1, 0.15) is 9.88 Å². The molecule has 0 unspecified atom stereocenters. The molecule has 5 N–H and O–H groups in total. The fraction of sp³-hybridized carbons (Fsp3) is 0.538. The number of carbonyl (C=O) groups excluding carboxylic acids is 2. The standard InChI is InChI=1S/C13H20N4O2S/c1-3-17(6-7-4-5-7)13-8(11(15)18)9(14)10(20-13)12(19)16-2/h7H,3-6,14H2,1-2H3,(H2,15,18)(H,16,19). The van der Waals surface area contributed by atoms with Crippen molar-refractivity contribution in [3.63, 3.8) is 0 Å². The zero-order chi connectivity index (χ0) is 14.9. The first-order valence-electron chi connectivity index (χ1n) is 6.68. The highest BCUT2D eigenvalue weighted by molar-refractivity contribution is 7.19. The van der Waals surface area contributed by atoms with Crippen molar-refractivity contribution in [2.24, 2.45) is 11.7 Å². The molecule has 1 heterocycles. The maximum absolute atomic E-state index is 11.8. The van der Waals surface area contributed by atoms with Gasteiger partial charge in [-0.2, -0.15) is 0 Å². The van der Waals surface area contributed by atoms with E-state index in [2.05, 4.69) is 10.2 Å². The molecule has 6 nitrogen and oxygen atoms in total. The SMILES string of the molecule is CCN(CC1CC1)c1sc(C(=O)NC)c(N)c1C(N)=O. The van der Waals surface area contributed by atoms with Crippen molar-refractivity contribution in [1.82, 2.24) is 5.32 Å². The highest BCUT2D eigenvalue weighted by atomic mass is 32.1. The lowest BCUT2D eigenvalue weighted by Crippen LogP contribution is -2.27. The second-order valence-corrected chi connectivity index (χ2v) is 5.95. The predicted molar refractivity (Wildman–Crippen MR) is 81.3 cm³/mol. The summed E-state index contributed by atoms with van der Waals surface area (Å²) in [5, 5.41) is 3.24. The summed E-state index contributed by atoms with van der Waals surface area (Å²) in [5.74, 6) is -0.204. The quantitative estimate of drug-likeness (QED) is 0.729. The van der Waals surface area contributed by atoms with Crippen molar-refractivity contribution >= 4 is 33.8 Å². The van der Waals surface area contributed by atoms with Crippen LogP contribution < -0.4 is 21.7 Å². The van der Waals surface area contributed by atoms with Crippen LogP contribution in [0.25, 0.3) is 0 Å². The molecule has 1 aromatic heterocycles. The highest BCUT2D eigenvalue weighted by Crippen LogP contribution is 2.40. The molecule has 0 radical (unpaired) electrons. The molecule has 20 heavy (non-hydrogen) atoms. The molecule has 1 saturated carbocycles. The molecular weight excluding hydrogens is 276 g/mol. The van der Waals surface area contributed by atoms with Gasteiger partial charge in [0.15, 0.2) is 0 Å². The molecule has 0 spiro atoms. The average molecular weight is 296 g/mol. The number of thiophene rings is 1. The first-order valence-corrected chi connectivity index (χ1v) is 7.50. The minimum atomic E-state index is -0.585. The Bertz CT molecular complexity index is 537. The number of carbonyl (C=O) groups is 2. The van der Waals surface area contributed by atoms with Crippen LogP contribution in [0.2, 0.25) is 0 Å². The average Bonchev–Trinajstić information content (AvgIpc) is 3.17. The molecule has 1 aromatic rings. The molecule has 0 aromatic carbocycles. The first-order chi connectivity index (χ1) is 9.49. The maximum atomic E-state index is 11.8. The number of hydrogen-bond acceptors (Lipinski definition) is 5. The summed E-state index contributed by atoms with van der Waals surface area (Å²) in [6, 6.07) is 0. The number of anilines is 2. The summed E-state index contributed by atoms with van der Waals surface area (Å²) in [5.41, 5.74) is 11.8. The van der Waals surface area contributed by atoms with Gasteiger partial charge in [0.2, 0.25) is 0 Å². The molecule has 2 rings (SSSR count). The third-order valence-corrected chi connectivity index (χ3v) is 4.72. The van der Waals surface area contributed by atoms with Gasteiger partial charge >= 0.3 is 0 Å². The highest BCUT2D eigenvalue weighted by Gasteiger charge is 2.30. The Hall–Kier alpha value is -1.76. The van der Waals surface area contributed by atoms with E-state index in [9.17, 15) is 9.59 Å². The van der Waals surface area contributed by atoms with Gasteiger partial charge in [0.25, 0.3) is 11.8 Å².